The highest BCUT2D eigenvalue weighted by Gasteiger charge is 2.25. The van der Waals surface area contributed by atoms with Gasteiger partial charge in [-0.05, 0) is 19.8 Å². The molecule has 1 aliphatic rings. The van der Waals surface area contributed by atoms with Gasteiger partial charge in [0.15, 0.2) is 5.13 Å². The number of nitrogen functional groups attached to an aromatic ring is 1. The Kier molecular flexibility index (Phi) is 7.26. The van der Waals surface area contributed by atoms with Crippen molar-refractivity contribution in [3.63, 3.8) is 0 Å². The van der Waals surface area contributed by atoms with Crippen LogP contribution in [0.2, 0.25) is 0 Å². The third-order valence-electron chi connectivity index (χ3n) is 3.41. The molecule has 0 saturated heterocycles. The molecule has 7 heteroatoms. The van der Waals surface area contributed by atoms with Gasteiger partial charge in [-0.1, -0.05) is 12.8 Å². The summed E-state index contributed by atoms with van der Waals surface area (Å²) in [5.41, 5.74) is 5.65. The Morgan fingerprint density at radius 1 is 1.55 bits per heavy atom. The summed E-state index contributed by atoms with van der Waals surface area (Å²) in [4.78, 5) is 19.1. The number of thiazole rings is 1. The van der Waals surface area contributed by atoms with E-state index < -0.39 is 0 Å². The van der Waals surface area contributed by atoms with Crippen LogP contribution in [0.1, 0.15) is 37.5 Å². The summed E-state index contributed by atoms with van der Waals surface area (Å²) in [6, 6.07) is 0.479. The summed E-state index contributed by atoms with van der Waals surface area (Å²) in [5, 5.41) is 0.581. The highest BCUT2D eigenvalue weighted by Crippen LogP contribution is 2.26. The van der Waals surface area contributed by atoms with Crippen LogP contribution in [0.15, 0.2) is 6.20 Å². The predicted molar refractivity (Wildman–Crippen MR) is 83.1 cm³/mol. The summed E-state index contributed by atoms with van der Waals surface area (Å²) >= 11 is 1.49. The summed E-state index contributed by atoms with van der Waals surface area (Å²) in [5.74, 6) is -0.146. The van der Waals surface area contributed by atoms with Crippen molar-refractivity contribution in [1.29, 1.82) is 0 Å². The second kappa shape index (κ2) is 8.44. The van der Waals surface area contributed by atoms with Crippen LogP contribution in [0.5, 0.6) is 0 Å². The minimum absolute atomic E-state index is 0. The molecule has 2 rings (SSSR count). The van der Waals surface area contributed by atoms with Crippen molar-refractivity contribution in [2.45, 2.75) is 45.2 Å². The number of ether oxygens (including phenoxy) is 1. The summed E-state index contributed by atoms with van der Waals surface area (Å²) < 4.78 is 5.06. The molecule has 1 saturated carbocycles. The number of esters is 1. The van der Waals surface area contributed by atoms with E-state index in [-0.39, 0.29) is 18.4 Å². The molecule has 0 unspecified atom stereocenters. The highest BCUT2D eigenvalue weighted by atomic mass is 35.5. The molecule has 114 valence electrons. The lowest BCUT2D eigenvalue weighted by molar-refractivity contribution is -0.145. The molecule has 1 aliphatic carbocycles. The largest absolute Gasteiger partial charge is 0.465 e. The molecule has 1 aromatic rings. The maximum absolute atomic E-state index is 11.7. The van der Waals surface area contributed by atoms with Crippen molar-refractivity contribution >= 4 is 34.8 Å². The zero-order chi connectivity index (χ0) is 13.7. The zero-order valence-corrected chi connectivity index (χ0v) is 13.3. The number of carbonyl (C=O) groups is 1. The first-order valence-electron chi connectivity index (χ1n) is 6.79. The Labute approximate surface area is 129 Å². The van der Waals surface area contributed by atoms with E-state index >= 15 is 0 Å². The number of hydrogen-bond acceptors (Lipinski definition) is 6. The monoisotopic (exact) mass is 319 g/mol. The van der Waals surface area contributed by atoms with Crippen LogP contribution >= 0.6 is 23.7 Å². The number of anilines is 1. The van der Waals surface area contributed by atoms with E-state index in [1.54, 1.807) is 6.20 Å². The number of aromatic nitrogens is 1. The maximum atomic E-state index is 11.7. The third kappa shape index (κ3) is 4.92. The van der Waals surface area contributed by atoms with Crippen LogP contribution in [-0.2, 0) is 16.1 Å². The first-order valence-corrected chi connectivity index (χ1v) is 7.60. The molecule has 0 spiro atoms. The van der Waals surface area contributed by atoms with Crippen molar-refractivity contribution in [2.75, 3.05) is 18.9 Å². The third-order valence-corrected chi connectivity index (χ3v) is 4.22. The van der Waals surface area contributed by atoms with Gasteiger partial charge in [-0.3, -0.25) is 9.69 Å². The maximum Gasteiger partial charge on any atom is 0.320 e. The van der Waals surface area contributed by atoms with Crippen LogP contribution in [0, 0.1) is 0 Å². The van der Waals surface area contributed by atoms with Crippen LogP contribution < -0.4 is 5.73 Å². The Morgan fingerprint density at radius 3 is 2.80 bits per heavy atom. The molecule has 0 amide bonds. The van der Waals surface area contributed by atoms with Gasteiger partial charge in [0.2, 0.25) is 0 Å². The van der Waals surface area contributed by atoms with Gasteiger partial charge in [-0.15, -0.1) is 23.7 Å². The second-order valence-corrected chi connectivity index (χ2v) is 5.96. The minimum Gasteiger partial charge on any atom is -0.465 e. The first-order chi connectivity index (χ1) is 9.19. The molecule has 0 atom stereocenters. The highest BCUT2D eigenvalue weighted by molar-refractivity contribution is 7.15. The van der Waals surface area contributed by atoms with E-state index in [0.29, 0.717) is 24.3 Å². The Morgan fingerprint density at radius 2 is 2.25 bits per heavy atom. The number of rotatable bonds is 6. The Balaban J connectivity index is 0.00000200. The van der Waals surface area contributed by atoms with Gasteiger partial charge in [0, 0.05) is 23.7 Å². The standard InChI is InChI=1S/C13H21N3O2S.ClH/c1-2-18-12(17)9-16(10-5-3-4-6-10)8-11-7-15-13(14)19-11;/h7,10H,2-6,8-9H2,1H3,(H2,14,15);1H. The Hall–Kier alpha value is -0.850. The molecule has 0 radical (unpaired) electrons. The number of hydrogen-bond donors (Lipinski definition) is 1. The molecule has 0 bridgehead atoms. The molecule has 2 N–H and O–H groups in total. The fraction of sp³-hybridized carbons (Fsp3) is 0.692. The molecular weight excluding hydrogens is 298 g/mol. The topological polar surface area (TPSA) is 68.5 Å². The van der Waals surface area contributed by atoms with Crippen LogP contribution in [-0.4, -0.2) is 35.0 Å². The van der Waals surface area contributed by atoms with E-state index in [1.165, 1.54) is 24.2 Å². The van der Waals surface area contributed by atoms with Crippen molar-refractivity contribution in [3.05, 3.63) is 11.1 Å². The van der Waals surface area contributed by atoms with Gasteiger partial charge in [-0.2, -0.15) is 0 Å². The fourth-order valence-corrected chi connectivity index (χ4v) is 3.26. The van der Waals surface area contributed by atoms with Gasteiger partial charge in [-0.25, -0.2) is 4.98 Å². The Bertz CT molecular complexity index is 422. The van der Waals surface area contributed by atoms with Crippen LogP contribution in [0.3, 0.4) is 0 Å². The second-order valence-electron chi connectivity index (χ2n) is 4.81. The van der Waals surface area contributed by atoms with Gasteiger partial charge in [0.1, 0.15) is 0 Å². The van der Waals surface area contributed by atoms with Crippen molar-refractivity contribution < 1.29 is 9.53 Å². The molecular formula is C13H22ClN3O2S. The van der Waals surface area contributed by atoms with Crippen molar-refractivity contribution in [1.82, 2.24) is 9.88 Å². The molecule has 0 aliphatic heterocycles. The normalized spacial score (nSPS) is 15.3. The SMILES string of the molecule is CCOC(=O)CN(Cc1cnc(N)s1)C1CCCC1.Cl. The van der Waals surface area contributed by atoms with Gasteiger partial charge in [0.25, 0.3) is 0 Å². The molecule has 5 nitrogen and oxygen atoms in total. The van der Waals surface area contributed by atoms with Crippen LogP contribution in [0.4, 0.5) is 5.13 Å². The summed E-state index contributed by atoms with van der Waals surface area (Å²) in [6.07, 6.45) is 6.61. The predicted octanol–water partition coefficient (Wildman–Crippen LogP) is 2.45. The average Bonchev–Trinajstić information content (AvgIpc) is 3.00. The summed E-state index contributed by atoms with van der Waals surface area (Å²) in [7, 11) is 0. The zero-order valence-electron chi connectivity index (χ0n) is 11.7. The lowest BCUT2D eigenvalue weighted by Crippen LogP contribution is -2.37. The van der Waals surface area contributed by atoms with Gasteiger partial charge in [0.05, 0.1) is 13.2 Å². The fourth-order valence-electron chi connectivity index (χ4n) is 2.55. The van der Waals surface area contributed by atoms with E-state index in [4.69, 9.17) is 10.5 Å². The number of nitrogens with two attached hydrogens (primary N) is 1. The molecule has 0 aromatic carbocycles. The van der Waals surface area contributed by atoms with Crippen LogP contribution in [0.25, 0.3) is 0 Å². The smallest absolute Gasteiger partial charge is 0.320 e. The molecule has 20 heavy (non-hydrogen) atoms. The van der Waals surface area contributed by atoms with E-state index in [2.05, 4.69) is 9.88 Å². The minimum atomic E-state index is -0.146. The molecule has 1 aromatic heterocycles. The lowest BCUT2D eigenvalue weighted by Gasteiger charge is -2.27. The number of halogens is 1. The molecule has 1 fully saturated rings. The van der Waals surface area contributed by atoms with Gasteiger partial charge >= 0.3 is 5.97 Å². The quantitative estimate of drug-likeness (QED) is 0.816. The molecule has 1 heterocycles. The van der Waals surface area contributed by atoms with Crippen molar-refractivity contribution in [3.8, 4) is 0 Å². The van der Waals surface area contributed by atoms with E-state index in [1.807, 2.05) is 6.92 Å². The van der Waals surface area contributed by atoms with Crippen molar-refractivity contribution in [2.24, 2.45) is 0 Å². The first kappa shape index (κ1) is 17.2. The van der Waals surface area contributed by atoms with Gasteiger partial charge < -0.3 is 10.5 Å². The number of carbonyl (C=O) groups excluding carboxylic acids is 1. The average molecular weight is 320 g/mol. The lowest BCUT2D eigenvalue weighted by atomic mass is 10.2. The number of nitrogens with zero attached hydrogens (tertiary/aromatic N) is 2. The van der Waals surface area contributed by atoms with E-state index in [9.17, 15) is 4.79 Å². The van der Waals surface area contributed by atoms with E-state index in [0.717, 1.165) is 24.3 Å². The summed E-state index contributed by atoms with van der Waals surface area (Å²) in [6.45, 7) is 3.36.